The van der Waals surface area contributed by atoms with Crippen LogP contribution in [0, 0.1) is 18.3 Å². The average Bonchev–Trinajstić information content (AvgIpc) is 3.34. The first-order chi connectivity index (χ1) is 15.4. The molecule has 1 aliphatic rings. The summed E-state index contributed by atoms with van der Waals surface area (Å²) in [5.41, 5.74) is 2.91. The summed E-state index contributed by atoms with van der Waals surface area (Å²) in [5.74, 6) is -0.0347. The van der Waals surface area contributed by atoms with Crippen molar-refractivity contribution in [2.24, 2.45) is 0 Å². The molecular formula is C24H17N3O4S. The number of hydrogen-bond donors (Lipinski definition) is 1. The SMILES string of the molecule is Cc1cccc(NC(=O)CN2C(=O)S/C(=C\c3ccc(-c4ccc(C#N)cc4)o3)C2=O)c1. The number of imide groups is 1. The number of carbonyl (C=O) groups is 3. The van der Waals surface area contributed by atoms with Crippen LogP contribution in [0.2, 0.25) is 0 Å². The van der Waals surface area contributed by atoms with Crippen LogP contribution >= 0.6 is 11.8 Å². The van der Waals surface area contributed by atoms with Gasteiger partial charge in [-0.15, -0.1) is 0 Å². The van der Waals surface area contributed by atoms with Crippen molar-refractivity contribution in [2.75, 3.05) is 11.9 Å². The molecule has 1 aromatic heterocycles. The van der Waals surface area contributed by atoms with Crippen molar-refractivity contribution in [3.05, 3.63) is 82.5 Å². The van der Waals surface area contributed by atoms with E-state index in [2.05, 4.69) is 11.4 Å². The second-order valence-electron chi connectivity index (χ2n) is 7.08. The number of rotatable bonds is 5. The largest absolute Gasteiger partial charge is 0.457 e. The van der Waals surface area contributed by atoms with Gasteiger partial charge in [0.05, 0.1) is 16.5 Å². The van der Waals surface area contributed by atoms with E-state index >= 15 is 0 Å². The van der Waals surface area contributed by atoms with E-state index in [1.807, 2.05) is 19.1 Å². The third kappa shape index (κ3) is 4.63. The van der Waals surface area contributed by atoms with E-state index in [1.54, 1.807) is 48.5 Å². The molecule has 0 atom stereocenters. The standard InChI is InChI=1S/C24H17N3O4S/c1-15-3-2-4-18(11-15)26-22(28)14-27-23(29)21(32-24(27)30)12-19-9-10-20(31-19)17-7-5-16(13-25)6-8-17/h2-12H,14H2,1H3,(H,26,28)/b21-12-. The molecule has 1 N–H and O–H groups in total. The minimum Gasteiger partial charge on any atom is -0.457 e. The minimum absolute atomic E-state index is 0.180. The van der Waals surface area contributed by atoms with Gasteiger partial charge >= 0.3 is 0 Å². The smallest absolute Gasteiger partial charge is 0.294 e. The van der Waals surface area contributed by atoms with E-state index < -0.39 is 17.1 Å². The lowest BCUT2D eigenvalue weighted by Crippen LogP contribution is -2.36. The first-order valence-electron chi connectivity index (χ1n) is 9.65. The Labute approximate surface area is 188 Å². The predicted octanol–water partition coefficient (Wildman–Crippen LogP) is 4.80. The van der Waals surface area contributed by atoms with Crippen LogP contribution in [0.1, 0.15) is 16.9 Å². The van der Waals surface area contributed by atoms with Gasteiger partial charge < -0.3 is 9.73 Å². The fourth-order valence-electron chi connectivity index (χ4n) is 3.13. The van der Waals surface area contributed by atoms with Crippen LogP contribution in [0.3, 0.4) is 0 Å². The van der Waals surface area contributed by atoms with Gasteiger partial charge in [-0.3, -0.25) is 19.3 Å². The van der Waals surface area contributed by atoms with Gasteiger partial charge in [-0.1, -0.05) is 12.1 Å². The van der Waals surface area contributed by atoms with Crippen LogP contribution in [-0.2, 0) is 9.59 Å². The number of amides is 3. The van der Waals surface area contributed by atoms with E-state index in [4.69, 9.17) is 9.68 Å². The van der Waals surface area contributed by atoms with Crippen molar-refractivity contribution >= 4 is 40.6 Å². The van der Waals surface area contributed by atoms with Crippen LogP contribution in [-0.4, -0.2) is 28.5 Å². The highest BCUT2D eigenvalue weighted by Crippen LogP contribution is 2.33. The van der Waals surface area contributed by atoms with E-state index in [0.29, 0.717) is 22.8 Å². The fraction of sp³-hybridized carbons (Fsp3) is 0.0833. The van der Waals surface area contributed by atoms with Crippen LogP contribution in [0.5, 0.6) is 0 Å². The molecule has 32 heavy (non-hydrogen) atoms. The predicted molar refractivity (Wildman–Crippen MR) is 121 cm³/mol. The summed E-state index contributed by atoms with van der Waals surface area (Å²) in [6.07, 6.45) is 1.48. The molecular weight excluding hydrogens is 426 g/mol. The molecule has 0 unspecified atom stereocenters. The lowest BCUT2D eigenvalue weighted by molar-refractivity contribution is -0.127. The molecule has 158 valence electrons. The number of benzene rings is 2. The number of furan rings is 1. The Bertz CT molecular complexity index is 1290. The number of thioether (sulfide) groups is 1. The Kier molecular flexibility index (Phi) is 5.92. The molecule has 0 saturated carbocycles. The van der Waals surface area contributed by atoms with Gasteiger partial charge in [-0.05, 0) is 72.8 Å². The van der Waals surface area contributed by atoms with Crippen molar-refractivity contribution in [1.82, 2.24) is 4.90 Å². The molecule has 4 rings (SSSR count). The Morgan fingerprint density at radius 1 is 1.16 bits per heavy atom. The molecule has 1 saturated heterocycles. The molecule has 0 aliphatic carbocycles. The highest BCUT2D eigenvalue weighted by molar-refractivity contribution is 8.18. The third-order valence-electron chi connectivity index (χ3n) is 4.68. The van der Waals surface area contributed by atoms with E-state index in [0.717, 1.165) is 27.8 Å². The molecule has 2 aromatic carbocycles. The summed E-state index contributed by atoms with van der Waals surface area (Å²) < 4.78 is 5.76. The number of nitrogens with zero attached hydrogens (tertiary/aromatic N) is 2. The molecule has 7 nitrogen and oxygen atoms in total. The van der Waals surface area contributed by atoms with Gasteiger partial charge in [0.15, 0.2) is 0 Å². The van der Waals surface area contributed by atoms with Crippen molar-refractivity contribution in [3.63, 3.8) is 0 Å². The molecule has 3 amide bonds. The maximum atomic E-state index is 12.7. The normalized spacial score (nSPS) is 14.6. The quantitative estimate of drug-likeness (QED) is 0.568. The minimum atomic E-state index is -0.546. The van der Waals surface area contributed by atoms with Crippen molar-refractivity contribution < 1.29 is 18.8 Å². The zero-order chi connectivity index (χ0) is 22.7. The lowest BCUT2D eigenvalue weighted by atomic mass is 10.1. The molecule has 8 heteroatoms. The molecule has 0 spiro atoms. The van der Waals surface area contributed by atoms with Gasteiger partial charge in [-0.25, -0.2) is 0 Å². The molecule has 0 bridgehead atoms. The summed E-state index contributed by atoms with van der Waals surface area (Å²) in [4.78, 5) is 38.4. The fourth-order valence-corrected chi connectivity index (χ4v) is 3.95. The van der Waals surface area contributed by atoms with Gasteiger partial charge in [-0.2, -0.15) is 5.26 Å². The Balaban J connectivity index is 1.44. The zero-order valence-electron chi connectivity index (χ0n) is 17.0. The Morgan fingerprint density at radius 2 is 1.94 bits per heavy atom. The Hall–Kier alpha value is -4.09. The van der Waals surface area contributed by atoms with Gasteiger partial charge in [0, 0.05) is 17.3 Å². The van der Waals surface area contributed by atoms with Gasteiger partial charge in [0.2, 0.25) is 5.91 Å². The highest BCUT2D eigenvalue weighted by Gasteiger charge is 2.36. The van der Waals surface area contributed by atoms with E-state index in [9.17, 15) is 14.4 Å². The summed E-state index contributed by atoms with van der Waals surface area (Å²) >= 11 is 0.760. The highest BCUT2D eigenvalue weighted by atomic mass is 32.2. The maximum absolute atomic E-state index is 12.7. The first-order valence-corrected chi connectivity index (χ1v) is 10.5. The second-order valence-corrected chi connectivity index (χ2v) is 8.07. The van der Waals surface area contributed by atoms with Crippen LogP contribution in [0.25, 0.3) is 17.4 Å². The van der Waals surface area contributed by atoms with Crippen LogP contribution in [0.4, 0.5) is 10.5 Å². The molecule has 3 aromatic rings. The Morgan fingerprint density at radius 3 is 2.66 bits per heavy atom. The number of aryl methyl sites for hydroxylation is 1. The molecule has 1 aliphatic heterocycles. The monoisotopic (exact) mass is 443 g/mol. The van der Waals surface area contributed by atoms with Gasteiger partial charge in [0.1, 0.15) is 18.1 Å². The van der Waals surface area contributed by atoms with E-state index in [-0.39, 0.29) is 11.4 Å². The third-order valence-corrected chi connectivity index (χ3v) is 5.58. The first kappa shape index (κ1) is 21.2. The number of hydrogen-bond acceptors (Lipinski definition) is 6. The molecule has 0 radical (unpaired) electrons. The summed E-state index contributed by atoms with van der Waals surface area (Å²) in [5, 5.41) is 11.1. The van der Waals surface area contributed by atoms with Crippen molar-refractivity contribution in [2.45, 2.75) is 6.92 Å². The van der Waals surface area contributed by atoms with Crippen LogP contribution in [0.15, 0.2) is 70.0 Å². The second kappa shape index (κ2) is 8.96. The van der Waals surface area contributed by atoms with Crippen LogP contribution < -0.4 is 5.32 Å². The van der Waals surface area contributed by atoms with Gasteiger partial charge in [0.25, 0.3) is 11.1 Å². The summed E-state index contributed by atoms with van der Waals surface area (Å²) in [6.45, 7) is 1.53. The number of anilines is 1. The average molecular weight is 443 g/mol. The summed E-state index contributed by atoms with van der Waals surface area (Å²) in [6, 6.07) is 19.6. The number of nitriles is 1. The summed E-state index contributed by atoms with van der Waals surface area (Å²) in [7, 11) is 0. The topological polar surface area (TPSA) is 103 Å². The maximum Gasteiger partial charge on any atom is 0.294 e. The molecule has 1 fully saturated rings. The van der Waals surface area contributed by atoms with Crippen molar-refractivity contribution in [1.29, 1.82) is 5.26 Å². The van der Waals surface area contributed by atoms with Crippen molar-refractivity contribution in [3.8, 4) is 17.4 Å². The lowest BCUT2D eigenvalue weighted by Gasteiger charge is -2.12. The number of nitrogens with one attached hydrogen (secondary N) is 1. The number of carbonyl (C=O) groups excluding carboxylic acids is 3. The molecule has 2 heterocycles. The van der Waals surface area contributed by atoms with E-state index in [1.165, 1.54) is 6.08 Å². The zero-order valence-corrected chi connectivity index (χ0v) is 17.8.